The van der Waals surface area contributed by atoms with Crippen LogP contribution in [-0.2, 0) is 15.7 Å². The minimum Gasteiger partial charge on any atom is -0.484 e. The SMILES string of the molecule is O=S(=O)(Cl)c1cc(Cl)c(OCc2ncccn2)cc1Cl. The predicted octanol–water partition coefficient (Wildman–Crippen LogP) is 3.29. The maximum absolute atomic E-state index is 11.3. The molecule has 0 atom stereocenters. The van der Waals surface area contributed by atoms with Crippen LogP contribution < -0.4 is 4.74 Å². The molecule has 0 spiro atoms. The molecule has 106 valence electrons. The fourth-order valence-corrected chi connectivity index (χ4v) is 3.15. The van der Waals surface area contributed by atoms with Gasteiger partial charge in [-0.3, -0.25) is 0 Å². The normalized spacial score (nSPS) is 11.3. The van der Waals surface area contributed by atoms with Crippen molar-refractivity contribution >= 4 is 42.9 Å². The standard InChI is InChI=1S/C11H7Cl3N2O3S/c12-7-5-10(20(14,17)18)8(13)4-9(7)19-6-11-15-2-1-3-16-11/h1-5H,6H2. The Labute approximate surface area is 129 Å². The molecule has 20 heavy (non-hydrogen) atoms. The highest BCUT2D eigenvalue weighted by molar-refractivity contribution is 8.13. The third kappa shape index (κ3) is 3.73. The molecule has 0 N–H and O–H groups in total. The lowest BCUT2D eigenvalue weighted by molar-refractivity contribution is 0.296. The molecule has 0 fully saturated rings. The second-order valence-electron chi connectivity index (χ2n) is 3.60. The van der Waals surface area contributed by atoms with Crippen molar-refractivity contribution in [3.8, 4) is 5.75 Å². The molecular formula is C11H7Cl3N2O3S. The van der Waals surface area contributed by atoms with Gasteiger partial charge in [-0.2, -0.15) is 0 Å². The van der Waals surface area contributed by atoms with Gasteiger partial charge in [0.1, 0.15) is 17.3 Å². The van der Waals surface area contributed by atoms with Gasteiger partial charge in [0, 0.05) is 29.1 Å². The Morgan fingerprint density at radius 1 is 1.10 bits per heavy atom. The molecule has 2 rings (SSSR count). The van der Waals surface area contributed by atoms with Gasteiger partial charge in [0.05, 0.1) is 10.0 Å². The van der Waals surface area contributed by atoms with Crippen LogP contribution in [0.4, 0.5) is 0 Å². The van der Waals surface area contributed by atoms with Gasteiger partial charge in [-0.05, 0) is 12.1 Å². The average Bonchev–Trinajstić information content (AvgIpc) is 2.39. The van der Waals surface area contributed by atoms with Crippen LogP contribution in [0.2, 0.25) is 10.0 Å². The summed E-state index contributed by atoms with van der Waals surface area (Å²) in [5.41, 5.74) is 0. The lowest BCUT2D eigenvalue weighted by atomic mass is 10.3. The summed E-state index contributed by atoms with van der Waals surface area (Å²) in [4.78, 5) is 7.68. The van der Waals surface area contributed by atoms with E-state index in [-0.39, 0.29) is 27.3 Å². The number of hydrogen-bond donors (Lipinski definition) is 0. The van der Waals surface area contributed by atoms with Crippen LogP contribution >= 0.6 is 33.9 Å². The Hall–Kier alpha value is -1.08. The zero-order valence-corrected chi connectivity index (χ0v) is 12.8. The quantitative estimate of drug-likeness (QED) is 0.789. The molecular weight excluding hydrogens is 347 g/mol. The summed E-state index contributed by atoms with van der Waals surface area (Å²) in [5, 5.41) is -0.00191. The monoisotopic (exact) mass is 352 g/mol. The van der Waals surface area contributed by atoms with Crippen LogP contribution in [0.3, 0.4) is 0 Å². The first kappa shape index (κ1) is 15.3. The van der Waals surface area contributed by atoms with E-state index in [9.17, 15) is 8.42 Å². The predicted molar refractivity (Wildman–Crippen MR) is 75.9 cm³/mol. The van der Waals surface area contributed by atoms with Crippen LogP contribution in [0.1, 0.15) is 5.82 Å². The third-order valence-electron chi connectivity index (χ3n) is 2.23. The highest BCUT2D eigenvalue weighted by Crippen LogP contribution is 2.35. The van der Waals surface area contributed by atoms with E-state index >= 15 is 0 Å². The first-order valence-electron chi connectivity index (χ1n) is 5.20. The molecule has 0 saturated carbocycles. The van der Waals surface area contributed by atoms with Crippen molar-refractivity contribution in [1.82, 2.24) is 9.97 Å². The number of nitrogens with zero attached hydrogens (tertiary/aromatic N) is 2. The van der Waals surface area contributed by atoms with Crippen molar-refractivity contribution in [2.45, 2.75) is 11.5 Å². The van der Waals surface area contributed by atoms with Crippen molar-refractivity contribution < 1.29 is 13.2 Å². The summed E-state index contributed by atoms with van der Waals surface area (Å²) in [6.45, 7) is 0.0733. The molecule has 1 aromatic heterocycles. The maximum atomic E-state index is 11.3. The van der Waals surface area contributed by atoms with Crippen molar-refractivity contribution in [2.24, 2.45) is 0 Å². The van der Waals surface area contributed by atoms with Crippen molar-refractivity contribution in [1.29, 1.82) is 0 Å². The fraction of sp³-hybridized carbons (Fsp3) is 0.0909. The Balaban J connectivity index is 2.24. The molecule has 1 heterocycles. The van der Waals surface area contributed by atoms with Gasteiger partial charge in [-0.15, -0.1) is 0 Å². The Bertz CT molecular complexity index is 723. The summed E-state index contributed by atoms with van der Waals surface area (Å²) in [6.07, 6.45) is 3.15. The van der Waals surface area contributed by atoms with E-state index in [4.69, 9.17) is 38.6 Å². The van der Waals surface area contributed by atoms with Gasteiger partial charge in [0.25, 0.3) is 9.05 Å². The van der Waals surface area contributed by atoms with Crippen LogP contribution in [-0.4, -0.2) is 18.4 Å². The van der Waals surface area contributed by atoms with Crippen molar-refractivity contribution in [3.63, 3.8) is 0 Å². The van der Waals surface area contributed by atoms with E-state index < -0.39 is 9.05 Å². The smallest absolute Gasteiger partial charge is 0.262 e. The summed E-state index contributed by atoms with van der Waals surface area (Å²) < 4.78 is 27.9. The molecule has 5 nitrogen and oxygen atoms in total. The molecule has 9 heteroatoms. The van der Waals surface area contributed by atoms with Crippen LogP contribution in [0.25, 0.3) is 0 Å². The number of rotatable bonds is 4. The first-order valence-corrected chi connectivity index (χ1v) is 8.27. The summed E-state index contributed by atoms with van der Waals surface area (Å²) in [7, 11) is 1.27. The largest absolute Gasteiger partial charge is 0.484 e. The Morgan fingerprint density at radius 2 is 1.75 bits per heavy atom. The highest BCUT2D eigenvalue weighted by Gasteiger charge is 2.18. The van der Waals surface area contributed by atoms with E-state index in [1.54, 1.807) is 18.5 Å². The van der Waals surface area contributed by atoms with Crippen molar-refractivity contribution in [3.05, 3.63) is 46.5 Å². The zero-order chi connectivity index (χ0) is 14.8. The van der Waals surface area contributed by atoms with Gasteiger partial charge in [0.2, 0.25) is 0 Å². The second kappa shape index (κ2) is 6.13. The molecule has 0 bridgehead atoms. The minimum atomic E-state index is -3.96. The highest BCUT2D eigenvalue weighted by atomic mass is 35.7. The van der Waals surface area contributed by atoms with Crippen molar-refractivity contribution in [2.75, 3.05) is 0 Å². The van der Waals surface area contributed by atoms with Crippen LogP contribution in [0.15, 0.2) is 35.5 Å². The number of hydrogen-bond acceptors (Lipinski definition) is 5. The molecule has 0 unspecified atom stereocenters. The zero-order valence-electron chi connectivity index (χ0n) is 9.76. The molecule has 0 aliphatic heterocycles. The first-order chi connectivity index (χ1) is 9.38. The van der Waals surface area contributed by atoms with E-state index in [0.717, 1.165) is 6.07 Å². The lowest BCUT2D eigenvalue weighted by Crippen LogP contribution is -2.01. The van der Waals surface area contributed by atoms with Gasteiger partial charge < -0.3 is 4.74 Å². The maximum Gasteiger partial charge on any atom is 0.262 e. The molecule has 0 radical (unpaired) electrons. The number of benzene rings is 1. The molecule has 2 aromatic rings. The second-order valence-corrected chi connectivity index (χ2v) is 6.95. The van der Waals surface area contributed by atoms with E-state index in [0.29, 0.717) is 5.82 Å². The Kier molecular flexibility index (Phi) is 4.70. The van der Waals surface area contributed by atoms with E-state index in [2.05, 4.69) is 9.97 Å². The van der Waals surface area contributed by atoms with E-state index in [1.807, 2.05) is 0 Å². The lowest BCUT2D eigenvalue weighted by Gasteiger charge is -2.09. The minimum absolute atomic E-state index is 0.0733. The molecule has 0 aliphatic rings. The topological polar surface area (TPSA) is 69.2 Å². The summed E-state index contributed by atoms with van der Waals surface area (Å²) in [6, 6.07) is 4.09. The molecule has 1 aromatic carbocycles. The molecule has 0 aliphatic carbocycles. The third-order valence-corrected chi connectivity index (χ3v) is 4.31. The fourth-order valence-electron chi connectivity index (χ4n) is 1.35. The number of ether oxygens (including phenoxy) is 1. The summed E-state index contributed by atoms with van der Waals surface area (Å²) >= 11 is 11.8. The van der Waals surface area contributed by atoms with Crippen LogP contribution in [0, 0.1) is 0 Å². The van der Waals surface area contributed by atoms with E-state index in [1.165, 1.54) is 6.07 Å². The Morgan fingerprint density at radius 3 is 2.35 bits per heavy atom. The van der Waals surface area contributed by atoms with Gasteiger partial charge in [-0.25, -0.2) is 18.4 Å². The van der Waals surface area contributed by atoms with Gasteiger partial charge >= 0.3 is 0 Å². The average molecular weight is 354 g/mol. The number of aromatic nitrogens is 2. The number of halogens is 3. The molecule has 0 amide bonds. The summed E-state index contributed by atoms with van der Waals surface area (Å²) in [5.74, 6) is 0.668. The van der Waals surface area contributed by atoms with Crippen LogP contribution in [0.5, 0.6) is 5.75 Å². The van der Waals surface area contributed by atoms with Gasteiger partial charge in [0.15, 0.2) is 5.82 Å². The van der Waals surface area contributed by atoms with Gasteiger partial charge in [-0.1, -0.05) is 23.2 Å². The molecule has 0 saturated heterocycles.